The summed E-state index contributed by atoms with van der Waals surface area (Å²) in [6.07, 6.45) is 1.75. The molecular formula is C14H19Cl2FN2O. The zero-order valence-corrected chi connectivity index (χ0v) is 12.9. The second-order valence-corrected chi connectivity index (χ2v) is 5.36. The molecule has 1 saturated heterocycles. The maximum absolute atomic E-state index is 13.0. The van der Waals surface area contributed by atoms with E-state index in [0.29, 0.717) is 11.6 Å². The Morgan fingerprint density at radius 1 is 1.45 bits per heavy atom. The molecule has 6 heteroatoms. The average Bonchev–Trinajstić information content (AvgIpc) is 2.42. The molecule has 2 rings (SSSR count). The number of amides is 1. The smallest absolute Gasteiger partial charge is 0.225 e. The van der Waals surface area contributed by atoms with Crippen LogP contribution in [0.3, 0.4) is 0 Å². The van der Waals surface area contributed by atoms with Gasteiger partial charge in [0.2, 0.25) is 5.91 Å². The molecule has 1 N–H and O–H groups in total. The van der Waals surface area contributed by atoms with Gasteiger partial charge in [0.25, 0.3) is 0 Å². The number of carbonyl (C=O) groups is 1. The van der Waals surface area contributed by atoms with Crippen LogP contribution in [0.4, 0.5) is 4.39 Å². The first-order chi connectivity index (χ1) is 9.08. The highest BCUT2D eigenvalue weighted by molar-refractivity contribution is 6.31. The van der Waals surface area contributed by atoms with Crippen molar-refractivity contribution < 1.29 is 9.18 Å². The number of hydrogen-bond donors (Lipinski definition) is 1. The molecule has 112 valence electrons. The van der Waals surface area contributed by atoms with Crippen LogP contribution >= 0.6 is 24.0 Å². The van der Waals surface area contributed by atoms with E-state index in [0.717, 1.165) is 31.5 Å². The molecule has 3 nitrogen and oxygen atoms in total. The molecule has 0 aliphatic carbocycles. The van der Waals surface area contributed by atoms with Crippen molar-refractivity contribution >= 4 is 29.9 Å². The quantitative estimate of drug-likeness (QED) is 0.928. The van der Waals surface area contributed by atoms with E-state index in [1.807, 2.05) is 0 Å². The predicted octanol–water partition coefficient (Wildman–Crippen LogP) is 2.86. The van der Waals surface area contributed by atoms with Crippen LogP contribution in [0.5, 0.6) is 0 Å². The lowest BCUT2D eigenvalue weighted by molar-refractivity contribution is -0.135. The van der Waals surface area contributed by atoms with Crippen molar-refractivity contribution in [3.05, 3.63) is 34.6 Å². The fourth-order valence-corrected chi connectivity index (χ4v) is 2.59. The summed E-state index contributed by atoms with van der Waals surface area (Å²) >= 11 is 5.98. The van der Waals surface area contributed by atoms with Gasteiger partial charge in [-0.15, -0.1) is 12.4 Å². The maximum Gasteiger partial charge on any atom is 0.225 e. The van der Waals surface area contributed by atoms with Crippen LogP contribution in [0.2, 0.25) is 5.02 Å². The summed E-state index contributed by atoms with van der Waals surface area (Å²) in [6, 6.07) is 4.27. The minimum atomic E-state index is -0.360. The van der Waals surface area contributed by atoms with Gasteiger partial charge < -0.3 is 10.2 Å². The van der Waals surface area contributed by atoms with Crippen molar-refractivity contribution in [1.29, 1.82) is 0 Å². The van der Waals surface area contributed by atoms with Crippen LogP contribution < -0.4 is 5.32 Å². The Bertz CT molecular complexity index is 464. The third-order valence-corrected chi connectivity index (χ3v) is 3.84. The van der Waals surface area contributed by atoms with Gasteiger partial charge >= 0.3 is 0 Å². The van der Waals surface area contributed by atoms with Crippen molar-refractivity contribution in [3.63, 3.8) is 0 Å². The van der Waals surface area contributed by atoms with E-state index in [-0.39, 0.29) is 30.0 Å². The van der Waals surface area contributed by atoms with Gasteiger partial charge in [-0.1, -0.05) is 17.7 Å². The molecule has 1 fully saturated rings. The Balaban J connectivity index is 0.00000200. The summed E-state index contributed by atoms with van der Waals surface area (Å²) in [5.74, 6) is -0.131. The molecule has 0 bridgehead atoms. The van der Waals surface area contributed by atoms with Crippen molar-refractivity contribution in [2.24, 2.45) is 5.92 Å². The number of nitrogens with zero attached hydrogens (tertiary/aromatic N) is 1. The van der Waals surface area contributed by atoms with Crippen LogP contribution in [0.1, 0.15) is 18.4 Å². The minimum Gasteiger partial charge on any atom is -0.341 e. The zero-order valence-electron chi connectivity index (χ0n) is 11.4. The van der Waals surface area contributed by atoms with Gasteiger partial charge in [-0.3, -0.25) is 4.79 Å². The fraction of sp³-hybridized carbons (Fsp3) is 0.500. The second-order valence-electron chi connectivity index (χ2n) is 4.95. The van der Waals surface area contributed by atoms with Crippen molar-refractivity contribution in [2.75, 3.05) is 20.1 Å². The Hall–Kier alpha value is -0.840. The van der Waals surface area contributed by atoms with Crippen LogP contribution in [0.15, 0.2) is 18.2 Å². The summed E-state index contributed by atoms with van der Waals surface area (Å²) in [5.41, 5.74) is 0.771. The number of halogens is 3. The van der Waals surface area contributed by atoms with E-state index in [1.165, 1.54) is 12.1 Å². The molecule has 1 aromatic rings. The van der Waals surface area contributed by atoms with Gasteiger partial charge in [0.15, 0.2) is 0 Å². The first-order valence-electron chi connectivity index (χ1n) is 6.47. The predicted molar refractivity (Wildman–Crippen MR) is 80.7 cm³/mol. The van der Waals surface area contributed by atoms with Crippen LogP contribution in [0.25, 0.3) is 0 Å². The molecule has 0 saturated carbocycles. The second kappa shape index (κ2) is 7.81. The van der Waals surface area contributed by atoms with Gasteiger partial charge in [-0.05, 0) is 43.6 Å². The highest BCUT2D eigenvalue weighted by Gasteiger charge is 2.24. The fourth-order valence-electron chi connectivity index (χ4n) is 2.36. The molecule has 0 unspecified atom stereocenters. The topological polar surface area (TPSA) is 32.3 Å². The molecule has 1 heterocycles. The van der Waals surface area contributed by atoms with E-state index >= 15 is 0 Å². The van der Waals surface area contributed by atoms with E-state index in [9.17, 15) is 9.18 Å². The summed E-state index contributed by atoms with van der Waals surface area (Å²) in [7, 11) is 1.77. The largest absolute Gasteiger partial charge is 0.341 e. The molecule has 0 radical (unpaired) electrons. The Morgan fingerprint density at radius 3 is 2.70 bits per heavy atom. The highest BCUT2D eigenvalue weighted by Crippen LogP contribution is 2.21. The van der Waals surface area contributed by atoms with Crippen LogP contribution in [-0.4, -0.2) is 30.9 Å². The van der Waals surface area contributed by atoms with Gasteiger partial charge in [-0.2, -0.15) is 0 Å². The van der Waals surface area contributed by atoms with Gasteiger partial charge in [0.1, 0.15) is 5.82 Å². The summed E-state index contributed by atoms with van der Waals surface area (Å²) in [5, 5.41) is 3.61. The molecule has 1 amide bonds. The van der Waals surface area contributed by atoms with E-state index in [2.05, 4.69) is 5.32 Å². The normalized spacial score (nSPS) is 15.6. The molecule has 1 aliphatic heterocycles. The number of rotatable bonds is 3. The summed E-state index contributed by atoms with van der Waals surface area (Å²) in [6.45, 7) is 2.20. The third kappa shape index (κ3) is 4.33. The van der Waals surface area contributed by atoms with Crippen LogP contribution in [0, 0.1) is 11.7 Å². The van der Waals surface area contributed by atoms with Crippen LogP contribution in [-0.2, 0) is 11.3 Å². The SMILES string of the molecule is CN(Cc1ccc(F)cc1Cl)C(=O)C1CCNCC1.Cl. The molecule has 1 aliphatic rings. The monoisotopic (exact) mass is 320 g/mol. The number of benzene rings is 1. The zero-order chi connectivity index (χ0) is 13.8. The first kappa shape index (κ1) is 17.2. The number of carbonyl (C=O) groups excluding carboxylic acids is 1. The Kier molecular flexibility index (Phi) is 6.72. The lowest BCUT2D eigenvalue weighted by Gasteiger charge is -2.27. The van der Waals surface area contributed by atoms with Gasteiger partial charge in [0, 0.05) is 24.5 Å². The number of nitrogens with one attached hydrogen (secondary N) is 1. The van der Waals surface area contributed by atoms with E-state index in [1.54, 1.807) is 18.0 Å². The Labute approximate surface area is 129 Å². The minimum absolute atomic E-state index is 0. The van der Waals surface area contributed by atoms with Crippen molar-refractivity contribution in [3.8, 4) is 0 Å². The van der Waals surface area contributed by atoms with Gasteiger partial charge in [-0.25, -0.2) is 4.39 Å². The molecule has 0 atom stereocenters. The van der Waals surface area contributed by atoms with Gasteiger partial charge in [0.05, 0.1) is 0 Å². The van der Waals surface area contributed by atoms with Crippen molar-refractivity contribution in [2.45, 2.75) is 19.4 Å². The third-order valence-electron chi connectivity index (χ3n) is 3.49. The summed E-state index contributed by atoms with van der Waals surface area (Å²) in [4.78, 5) is 13.9. The lowest BCUT2D eigenvalue weighted by atomic mass is 9.96. The Morgan fingerprint density at radius 2 is 2.10 bits per heavy atom. The highest BCUT2D eigenvalue weighted by atomic mass is 35.5. The maximum atomic E-state index is 13.0. The van der Waals surface area contributed by atoms with E-state index in [4.69, 9.17) is 11.6 Å². The molecule has 1 aromatic carbocycles. The summed E-state index contributed by atoms with van der Waals surface area (Å²) < 4.78 is 13.0. The van der Waals surface area contributed by atoms with Crippen molar-refractivity contribution in [1.82, 2.24) is 10.2 Å². The lowest BCUT2D eigenvalue weighted by Crippen LogP contribution is -2.38. The molecule has 0 aromatic heterocycles. The van der Waals surface area contributed by atoms with E-state index < -0.39 is 0 Å². The number of piperidine rings is 1. The number of hydrogen-bond acceptors (Lipinski definition) is 2. The molecule has 0 spiro atoms. The molecule has 20 heavy (non-hydrogen) atoms. The molecular weight excluding hydrogens is 302 g/mol. The average molecular weight is 321 g/mol. The first-order valence-corrected chi connectivity index (χ1v) is 6.85. The standard InChI is InChI=1S/C14H18ClFN2O.ClH/c1-18(14(19)10-4-6-17-7-5-10)9-11-2-3-12(16)8-13(11)15;/h2-3,8,10,17H,4-7,9H2,1H3;1H.